The lowest BCUT2D eigenvalue weighted by atomic mass is 9.80. The van der Waals surface area contributed by atoms with Gasteiger partial charge in [0.25, 0.3) is 0 Å². The zero-order valence-electron chi connectivity index (χ0n) is 15.1. The molecule has 2 heterocycles. The van der Waals surface area contributed by atoms with Crippen molar-refractivity contribution in [2.24, 2.45) is 11.8 Å². The van der Waals surface area contributed by atoms with E-state index in [0.717, 1.165) is 35.7 Å². The predicted octanol–water partition coefficient (Wildman–Crippen LogP) is 4.36. The number of carboxylic acids is 1. The van der Waals surface area contributed by atoms with Gasteiger partial charge in [-0.05, 0) is 56.6 Å². The Morgan fingerprint density at radius 1 is 1.11 bits per heavy atom. The summed E-state index contributed by atoms with van der Waals surface area (Å²) < 4.78 is 0. The summed E-state index contributed by atoms with van der Waals surface area (Å²) in [6.45, 7) is 0. The van der Waals surface area contributed by atoms with Crippen LogP contribution >= 0.6 is 11.3 Å². The number of carbonyl (C=O) groups excluding carboxylic acids is 1. The van der Waals surface area contributed by atoms with E-state index >= 15 is 0 Å². The Labute approximate surface area is 162 Å². The van der Waals surface area contributed by atoms with Crippen molar-refractivity contribution < 1.29 is 14.7 Å². The van der Waals surface area contributed by atoms with E-state index in [9.17, 15) is 9.59 Å². The number of hydrogen-bond donors (Lipinski definition) is 1. The molecule has 27 heavy (non-hydrogen) atoms. The molecule has 1 N–H and O–H groups in total. The fraction of sp³-hybridized carbons (Fsp3) is 0.500. The average molecular weight is 385 g/mol. The van der Waals surface area contributed by atoms with Crippen LogP contribution in [-0.2, 0) is 9.59 Å². The second-order valence-corrected chi connectivity index (χ2v) is 8.53. The summed E-state index contributed by atoms with van der Waals surface area (Å²) in [4.78, 5) is 35.0. The first-order chi connectivity index (χ1) is 13.1. The first kappa shape index (κ1) is 18.1. The van der Waals surface area contributed by atoms with E-state index in [2.05, 4.69) is 9.97 Å². The highest BCUT2D eigenvalue weighted by atomic mass is 32.1. The predicted molar refractivity (Wildman–Crippen MR) is 103 cm³/mol. The third-order valence-electron chi connectivity index (χ3n) is 5.42. The Balaban J connectivity index is 1.53. The Morgan fingerprint density at radius 2 is 1.89 bits per heavy atom. The van der Waals surface area contributed by atoms with Gasteiger partial charge >= 0.3 is 5.97 Å². The Kier molecular flexibility index (Phi) is 5.20. The van der Waals surface area contributed by atoms with Crippen LogP contribution in [0.25, 0.3) is 0 Å². The van der Waals surface area contributed by atoms with Crippen molar-refractivity contribution in [3.63, 3.8) is 0 Å². The molecule has 2 aromatic heterocycles. The van der Waals surface area contributed by atoms with Gasteiger partial charge < -0.3 is 5.11 Å². The molecule has 4 rings (SSSR count). The van der Waals surface area contributed by atoms with Crippen molar-refractivity contribution in [3.05, 3.63) is 35.6 Å². The number of carbonyl (C=O) groups is 2. The molecule has 0 unspecified atom stereocenters. The second-order valence-electron chi connectivity index (χ2n) is 7.49. The van der Waals surface area contributed by atoms with Crippen molar-refractivity contribution in [2.45, 2.75) is 50.9 Å². The number of rotatable bonds is 6. The molecule has 0 aliphatic heterocycles. The fourth-order valence-corrected chi connectivity index (χ4v) is 4.87. The van der Waals surface area contributed by atoms with E-state index in [0.29, 0.717) is 11.7 Å². The molecule has 0 saturated heterocycles. The van der Waals surface area contributed by atoms with Gasteiger partial charge in [0.2, 0.25) is 5.91 Å². The van der Waals surface area contributed by atoms with Crippen LogP contribution in [0.15, 0.2) is 30.6 Å². The van der Waals surface area contributed by atoms with Crippen molar-refractivity contribution in [1.29, 1.82) is 0 Å². The number of thiazole rings is 1. The molecular weight excluding hydrogens is 362 g/mol. The van der Waals surface area contributed by atoms with Gasteiger partial charge in [-0.3, -0.25) is 14.5 Å². The van der Waals surface area contributed by atoms with E-state index in [1.54, 1.807) is 28.6 Å². The lowest BCUT2D eigenvalue weighted by Crippen LogP contribution is -2.35. The summed E-state index contributed by atoms with van der Waals surface area (Å²) in [5.74, 6) is 0.561. The number of nitrogens with zero attached hydrogens (tertiary/aromatic N) is 3. The minimum atomic E-state index is -0.753. The summed E-state index contributed by atoms with van der Waals surface area (Å²) in [5, 5.41) is 10.9. The molecule has 0 atom stereocenters. The summed E-state index contributed by atoms with van der Waals surface area (Å²) >= 11 is 1.58. The van der Waals surface area contributed by atoms with E-state index < -0.39 is 5.97 Å². The molecule has 0 radical (unpaired) electrons. The van der Waals surface area contributed by atoms with Crippen LogP contribution in [0.2, 0.25) is 0 Å². The molecule has 142 valence electrons. The zero-order chi connectivity index (χ0) is 18.8. The molecule has 1 amide bonds. The molecule has 7 heteroatoms. The number of pyridine rings is 1. The lowest BCUT2D eigenvalue weighted by molar-refractivity contribution is -0.138. The Hall–Kier alpha value is -2.28. The largest absolute Gasteiger partial charge is 0.481 e. The fourth-order valence-electron chi connectivity index (χ4n) is 3.76. The summed E-state index contributed by atoms with van der Waals surface area (Å²) in [6, 6.07) is 5.57. The van der Waals surface area contributed by atoms with Gasteiger partial charge in [0.15, 0.2) is 0 Å². The van der Waals surface area contributed by atoms with Gasteiger partial charge in [-0.1, -0.05) is 6.07 Å². The van der Waals surface area contributed by atoms with Gasteiger partial charge in [0.1, 0.15) is 10.8 Å². The number of carboxylic acid groups (broad SMARTS) is 1. The lowest BCUT2D eigenvalue weighted by Gasteiger charge is -2.30. The van der Waals surface area contributed by atoms with E-state index in [4.69, 9.17) is 5.11 Å². The van der Waals surface area contributed by atoms with Crippen molar-refractivity contribution in [1.82, 2.24) is 9.97 Å². The molecular formula is C20H23N3O3S. The van der Waals surface area contributed by atoms with Crippen LogP contribution in [-0.4, -0.2) is 27.0 Å². The third-order valence-corrected chi connectivity index (χ3v) is 6.56. The van der Waals surface area contributed by atoms with E-state index in [-0.39, 0.29) is 24.2 Å². The summed E-state index contributed by atoms with van der Waals surface area (Å²) in [7, 11) is 0. The van der Waals surface area contributed by atoms with E-state index in [1.807, 2.05) is 18.2 Å². The molecule has 2 aromatic rings. The minimum absolute atomic E-state index is 0.0495. The average Bonchev–Trinajstić information content (AvgIpc) is 3.41. The highest BCUT2D eigenvalue weighted by molar-refractivity contribution is 7.16. The quantitative estimate of drug-likeness (QED) is 0.799. The zero-order valence-corrected chi connectivity index (χ0v) is 15.9. The third kappa shape index (κ3) is 4.18. The van der Waals surface area contributed by atoms with Gasteiger partial charge in [-0.25, -0.2) is 9.97 Å². The highest BCUT2D eigenvalue weighted by Crippen LogP contribution is 2.45. The van der Waals surface area contributed by atoms with Crippen LogP contribution in [0.4, 0.5) is 10.8 Å². The Bertz CT molecular complexity index is 811. The standard InChI is InChI=1S/C20H23N3O3S/c24-18(25)11-13-4-6-15(7-5-13)20(26)23(16-3-1-2-10-21-16)17-12-22-19(27-17)14-8-9-14/h1-3,10,12-15H,4-9,11H2,(H,24,25). The van der Waals surface area contributed by atoms with Crippen LogP contribution in [0.3, 0.4) is 0 Å². The first-order valence-corrected chi connectivity index (χ1v) is 10.4. The van der Waals surface area contributed by atoms with Crippen LogP contribution < -0.4 is 4.90 Å². The number of aliphatic carboxylic acids is 1. The van der Waals surface area contributed by atoms with Gasteiger partial charge in [0, 0.05) is 24.5 Å². The number of amides is 1. The van der Waals surface area contributed by atoms with Crippen molar-refractivity contribution in [2.75, 3.05) is 4.90 Å². The number of anilines is 2. The van der Waals surface area contributed by atoms with Crippen LogP contribution in [0.5, 0.6) is 0 Å². The molecule has 2 aliphatic carbocycles. The molecule has 2 saturated carbocycles. The number of hydrogen-bond acceptors (Lipinski definition) is 5. The maximum Gasteiger partial charge on any atom is 0.303 e. The second kappa shape index (κ2) is 7.76. The summed E-state index contributed by atoms with van der Waals surface area (Å²) in [5.41, 5.74) is 0. The van der Waals surface area contributed by atoms with Crippen LogP contribution in [0, 0.1) is 11.8 Å². The molecule has 2 aliphatic rings. The monoisotopic (exact) mass is 385 g/mol. The molecule has 2 fully saturated rings. The maximum absolute atomic E-state index is 13.4. The molecule has 0 aromatic carbocycles. The van der Waals surface area contributed by atoms with Gasteiger partial charge in [-0.15, -0.1) is 11.3 Å². The molecule has 0 bridgehead atoms. The van der Waals surface area contributed by atoms with Gasteiger partial charge in [-0.2, -0.15) is 0 Å². The van der Waals surface area contributed by atoms with Crippen molar-refractivity contribution in [3.8, 4) is 0 Å². The van der Waals surface area contributed by atoms with E-state index in [1.165, 1.54) is 12.8 Å². The Morgan fingerprint density at radius 3 is 2.52 bits per heavy atom. The molecule has 6 nitrogen and oxygen atoms in total. The maximum atomic E-state index is 13.4. The van der Waals surface area contributed by atoms with Crippen LogP contribution in [0.1, 0.15) is 55.9 Å². The topological polar surface area (TPSA) is 83.4 Å². The smallest absolute Gasteiger partial charge is 0.303 e. The first-order valence-electron chi connectivity index (χ1n) is 9.54. The molecule has 0 spiro atoms. The normalized spacial score (nSPS) is 22.4. The summed E-state index contributed by atoms with van der Waals surface area (Å²) in [6.07, 6.45) is 9.08. The number of aromatic nitrogens is 2. The highest BCUT2D eigenvalue weighted by Gasteiger charge is 2.34. The SMILES string of the molecule is O=C(O)CC1CCC(C(=O)N(c2ccccn2)c2cnc(C3CC3)s2)CC1. The van der Waals surface area contributed by atoms with Gasteiger partial charge in [0.05, 0.1) is 11.2 Å². The minimum Gasteiger partial charge on any atom is -0.481 e. The van der Waals surface area contributed by atoms with Crippen molar-refractivity contribution >= 4 is 34.0 Å².